The molecule has 20 heavy (non-hydrogen) atoms. The number of hydrogen-bond donors (Lipinski definition) is 3. The lowest BCUT2D eigenvalue weighted by Gasteiger charge is -2.12. The summed E-state index contributed by atoms with van der Waals surface area (Å²) in [5.41, 5.74) is 8.32. The fraction of sp³-hybridized carbons (Fsp3) is 0.200. The molecular weight excluding hydrogens is 254 g/mol. The molecule has 0 aliphatic heterocycles. The van der Waals surface area contributed by atoms with Crippen molar-refractivity contribution in [2.24, 2.45) is 0 Å². The molecule has 104 valence electrons. The minimum absolute atomic E-state index is 0.136. The molecule has 2 rings (SSSR count). The average Bonchev–Trinajstić information content (AvgIpc) is 2.45. The molecule has 5 nitrogen and oxygen atoms in total. The lowest BCUT2D eigenvalue weighted by molar-refractivity contribution is 0.0916. The first-order valence-corrected chi connectivity index (χ1v) is 6.29. The van der Waals surface area contributed by atoms with Gasteiger partial charge >= 0.3 is 0 Å². The summed E-state index contributed by atoms with van der Waals surface area (Å²) in [6.07, 6.45) is 2.41. The zero-order chi connectivity index (χ0) is 14.5. The van der Waals surface area contributed by atoms with E-state index in [0.29, 0.717) is 16.8 Å². The number of anilines is 1. The molecule has 0 saturated carbocycles. The number of amides is 1. The third-order valence-electron chi connectivity index (χ3n) is 2.91. The van der Waals surface area contributed by atoms with Gasteiger partial charge in [-0.05, 0) is 36.2 Å². The molecule has 0 aliphatic rings. The van der Waals surface area contributed by atoms with Gasteiger partial charge in [0.15, 0.2) is 0 Å². The van der Waals surface area contributed by atoms with Crippen molar-refractivity contribution >= 4 is 11.6 Å². The van der Waals surface area contributed by atoms with Gasteiger partial charge in [0.2, 0.25) is 0 Å². The third kappa shape index (κ3) is 3.55. The molecule has 0 bridgehead atoms. The predicted molar refractivity (Wildman–Crippen MR) is 77.1 cm³/mol. The monoisotopic (exact) mass is 271 g/mol. The number of aryl methyl sites for hydroxylation is 1. The molecule has 0 saturated heterocycles. The van der Waals surface area contributed by atoms with E-state index in [9.17, 15) is 9.90 Å². The standard InChI is InChI=1S/C15H17N3O2/c1-10-6-12(8-17-7-10)15(20)18-9-14(19)11-2-4-13(16)5-3-11/h2-8,14,19H,9,16H2,1H3,(H,18,20). The van der Waals surface area contributed by atoms with Crippen molar-refractivity contribution in [2.45, 2.75) is 13.0 Å². The molecule has 4 N–H and O–H groups in total. The van der Waals surface area contributed by atoms with Gasteiger partial charge in [0.1, 0.15) is 0 Å². The zero-order valence-corrected chi connectivity index (χ0v) is 11.2. The lowest BCUT2D eigenvalue weighted by Crippen LogP contribution is -2.28. The van der Waals surface area contributed by atoms with Crippen LogP contribution in [0, 0.1) is 6.92 Å². The van der Waals surface area contributed by atoms with Crippen LogP contribution in [0.2, 0.25) is 0 Å². The quantitative estimate of drug-likeness (QED) is 0.734. The van der Waals surface area contributed by atoms with E-state index >= 15 is 0 Å². The largest absolute Gasteiger partial charge is 0.399 e. The van der Waals surface area contributed by atoms with E-state index < -0.39 is 6.10 Å². The van der Waals surface area contributed by atoms with Crippen molar-refractivity contribution in [1.29, 1.82) is 0 Å². The average molecular weight is 271 g/mol. The first-order valence-electron chi connectivity index (χ1n) is 6.29. The van der Waals surface area contributed by atoms with Crippen molar-refractivity contribution < 1.29 is 9.90 Å². The number of aliphatic hydroxyl groups excluding tert-OH is 1. The maximum Gasteiger partial charge on any atom is 0.252 e. The van der Waals surface area contributed by atoms with Crippen molar-refractivity contribution in [3.8, 4) is 0 Å². The van der Waals surface area contributed by atoms with E-state index in [2.05, 4.69) is 10.3 Å². The molecule has 5 heteroatoms. The van der Waals surface area contributed by atoms with E-state index in [4.69, 9.17) is 5.73 Å². The summed E-state index contributed by atoms with van der Waals surface area (Å²) in [4.78, 5) is 15.9. The van der Waals surface area contributed by atoms with Crippen LogP contribution in [0.15, 0.2) is 42.7 Å². The number of aromatic nitrogens is 1. The Bertz CT molecular complexity index is 596. The Morgan fingerprint density at radius 3 is 2.70 bits per heavy atom. The summed E-state index contributed by atoms with van der Waals surface area (Å²) in [6, 6.07) is 8.65. The number of nitrogens with one attached hydrogen (secondary N) is 1. The number of nitrogens with two attached hydrogens (primary N) is 1. The van der Waals surface area contributed by atoms with Gasteiger partial charge in [0.25, 0.3) is 5.91 Å². The Balaban J connectivity index is 1.94. The number of benzene rings is 1. The van der Waals surface area contributed by atoms with E-state index in [1.807, 2.05) is 6.92 Å². The second kappa shape index (κ2) is 6.16. The number of aliphatic hydroxyl groups is 1. The fourth-order valence-corrected chi connectivity index (χ4v) is 1.81. The molecule has 1 atom stereocenters. The molecule has 2 aromatic rings. The molecule has 0 aliphatic carbocycles. The Morgan fingerprint density at radius 2 is 2.05 bits per heavy atom. The minimum Gasteiger partial charge on any atom is -0.399 e. The maximum atomic E-state index is 11.9. The predicted octanol–water partition coefficient (Wildman–Crippen LogP) is 1.44. The lowest BCUT2D eigenvalue weighted by atomic mass is 10.1. The smallest absolute Gasteiger partial charge is 0.252 e. The first kappa shape index (κ1) is 14.0. The van der Waals surface area contributed by atoms with Crippen LogP contribution < -0.4 is 11.1 Å². The Morgan fingerprint density at radius 1 is 1.35 bits per heavy atom. The van der Waals surface area contributed by atoms with Gasteiger partial charge in [0.05, 0.1) is 11.7 Å². The summed E-state index contributed by atoms with van der Waals surface area (Å²) in [5.74, 6) is -0.254. The highest BCUT2D eigenvalue weighted by Gasteiger charge is 2.11. The van der Waals surface area contributed by atoms with Crippen molar-refractivity contribution in [3.63, 3.8) is 0 Å². The number of nitrogen functional groups attached to an aromatic ring is 1. The summed E-state index contributed by atoms with van der Waals surface area (Å²) in [5, 5.41) is 12.7. The number of carbonyl (C=O) groups is 1. The highest BCUT2D eigenvalue weighted by Crippen LogP contribution is 2.14. The number of pyridine rings is 1. The second-order valence-electron chi connectivity index (χ2n) is 4.64. The molecule has 0 spiro atoms. The summed E-state index contributed by atoms with van der Waals surface area (Å²) < 4.78 is 0. The highest BCUT2D eigenvalue weighted by molar-refractivity contribution is 5.94. The van der Waals surface area contributed by atoms with E-state index in [1.54, 1.807) is 36.5 Å². The van der Waals surface area contributed by atoms with Gasteiger partial charge in [-0.15, -0.1) is 0 Å². The Hall–Kier alpha value is -2.40. The molecule has 1 aromatic carbocycles. The van der Waals surface area contributed by atoms with Crippen molar-refractivity contribution in [1.82, 2.24) is 10.3 Å². The summed E-state index contributed by atoms with van der Waals surface area (Å²) in [7, 11) is 0. The van der Waals surface area contributed by atoms with E-state index in [0.717, 1.165) is 5.56 Å². The van der Waals surface area contributed by atoms with Gasteiger partial charge in [-0.2, -0.15) is 0 Å². The zero-order valence-electron chi connectivity index (χ0n) is 11.2. The number of carbonyl (C=O) groups excluding carboxylic acids is 1. The summed E-state index contributed by atoms with van der Waals surface area (Å²) >= 11 is 0. The Labute approximate surface area is 117 Å². The van der Waals surface area contributed by atoms with Gasteiger partial charge in [-0.1, -0.05) is 12.1 Å². The molecule has 1 heterocycles. The van der Waals surface area contributed by atoms with Gasteiger partial charge < -0.3 is 16.2 Å². The maximum absolute atomic E-state index is 11.9. The van der Waals surface area contributed by atoms with Crippen LogP contribution >= 0.6 is 0 Å². The normalized spacial score (nSPS) is 11.9. The van der Waals surface area contributed by atoms with Crippen LogP contribution in [-0.4, -0.2) is 22.5 Å². The molecular formula is C15H17N3O2. The van der Waals surface area contributed by atoms with E-state index in [1.165, 1.54) is 6.20 Å². The fourth-order valence-electron chi connectivity index (χ4n) is 1.81. The van der Waals surface area contributed by atoms with Crippen LogP contribution in [0.1, 0.15) is 27.6 Å². The highest BCUT2D eigenvalue weighted by atomic mass is 16.3. The van der Waals surface area contributed by atoms with Gasteiger partial charge in [0, 0.05) is 24.6 Å². The van der Waals surface area contributed by atoms with Crippen LogP contribution in [0.5, 0.6) is 0 Å². The van der Waals surface area contributed by atoms with Crippen LogP contribution in [-0.2, 0) is 0 Å². The van der Waals surface area contributed by atoms with Crippen LogP contribution in [0.25, 0.3) is 0 Å². The van der Waals surface area contributed by atoms with Gasteiger partial charge in [-0.25, -0.2) is 0 Å². The molecule has 0 fully saturated rings. The second-order valence-corrected chi connectivity index (χ2v) is 4.64. The van der Waals surface area contributed by atoms with Crippen molar-refractivity contribution in [3.05, 3.63) is 59.4 Å². The molecule has 1 unspecified atom stereocenters. The SMILES string of the molecule is Cc1cncc(C(=O)NCC(O)c2ccc(N)cc2)c1. The number of rotatable bonds is 4. The first-order chi connectivity index (χ1) is 9.56. The minimum atomic E-state index is -0.766. The van der Waals surface area contributed by atoms with Gasteiger partial charge in [-0.3, -0.25) is 9.78 Å². The third-order valence-corrected chi connectivity index (χ3v) is 2.91. The molecule has 1 amide bonds. The van der Waals surface area contributed by atoms with E-state index in [-0.39, 0.29) is 12.5 Å². The van der Waals surface area contributed by atoms with Crippen LogP contribution in [0.3, 0.4) is 0 Å². The van der Waals surface area contributed by atoms with Crippen molar-refractivity contribution in [2.75, 3.05) is 12.3 Å². The number of hydrogen-bond acceptors (Lipinski definition) is 4. The number of nitrogens with zero attached hydrogens (tertiary/aromatic N) is 1. The topological polar surface area (TPSA) is 88.2 Å². The van der Waals surface area contributed by atoms with Crippen LogP contribution in [0.4, 0.5) is 5.69 Å². The Kier molecular flexibility index (Phi) is 4.32. The summed E-state index contributed by atoms with van der Waals surface area (Å²) in [6.45, 7) is 2.00. The molecule has 1 aromatic heterocycles. The molecule has 0 radical (unpaired) electrons.